The van der Waals surface area contributed by atoms with Gasteiger partial charge in [0.2, 0.25) is 0 Å². The van der Waals surface area contributed by atoms with Crippen molar-refractivity contribution in [1.82, 2.24) is 24.6 Å². The summed E-state index contributed by atoms with van der Waals surface area (Å²) in [4.78, 5) is 35.0. The number of nitrogens with zero attached hydrogens (tertiary/aromatic N) is 4. The van der Waals surface area contributed by atoms with E-state index in [2.05, 4.69) is 15.1 Å². The van der Waals surface area contributed by atoms with Crippen molar-refractivity contribution < 1.29 is 4.79 Å². The maximum Gasteiger partial charge on any atom is 0.257 e. The highest BCUT2D eigenvalue weighted by atomic mass is 16.2. The smallest absolute Gasteiger partial charge is 0.257 e. The second-order valence-corrected chi connectivity index (χ2v) is 7.04. The number of aromatic nitrogens is 4. The number of carbonyl (C=O) groups excluding carboxylic acids is 1. The summed E-state index contributed by atoms with van der Waals surface area (Å²) < 4.78 is 1.84. The zero-order chi connectivity index (χ0) is 19.8. The molecule has 4 rings (SSSR count). The van der Waals surface area contributed by atoms with E-state index in [1.807, 2.05) is 55.8 Å². The van der Waals surface area contributed by atoms with Crippen LogP contribution in [-0.2, 0) is 19.5 Å². The Morgan fingerprint density at radius 3 is 2.64 bits per heavy atom. The van der Waals surface area contributed by atoms with Crippen molar-refractivity contribution in [2.75, 3.05) is 6.54 Å². The first kappa shape index (κ1) is 18.2. The van der Waals surface area contributed by atoms with Crippen molar-refractivity contribution in [3.63, 3.8) is 0 Å². The van der Waals surface area contributed by atoms with Gasteiger partial charge in [0.1, 0.15) is 5.82 Å². The van der Waals surface area contributed by atoms with Gasteiger partial charge in [-0.2, -0.15) is 5.10 Å². The highest BCUT2D eigenvalue weighted by Crippen LogP contribution is 2.22. The fourth-order valence-corrected chi connectivity index (χ4v) is 3.82. The molecule has 1 N–H and O–H groups in total. The molecule has 1 aliphatic heterocycles. The minimum atomic E-state index is -0.123. The zero-order valence-corrected chi connectivity index (χ0v) is 16.3. The largest absolute Gasteiger partial charge is 0.332 e. The SMILES string of the molecule is CCn1nc(C)c(C(=O)N2CCc3c(nc(-c4ccccc4)[nH]c3=O)C2)c1C. The predicted molar refractivity (Wildman–Crippen MR) is 106 cm³/mol. The van der Waals surface area contributed by atoms with Gasteiger partial charge in [-0.3, -0.25) is 14.3 Å². The highest BCUT2D eigenvalue weighted by molar-refractivity contribution is 5.96. The van der Waals surface area contributed by atoms with E-state index in [4.69, 9.17) is 0 Å². The quantitative estimate of drug-likeness (QED) is 0.760. The van der Waals surface area contributed by atoms with Gasteiger partial charge in [0.15, 0.2) is 0 Å². The van der Waals surface area contributed by atoms with Crippen LogP contribution in [0.15, 0.2) is 35.1 Å². The number of aromatic amines is 1. The van der Waals surface area contributed by atoms with E-state index in [0.717, 1.165) is 23.5 Å². The molecule has 2 aromatic heterocycles. The van der Waals surface area contributed by atoms with Crippen LogP contribution >= 0.6 is 0 Å². The maximum atomic E-state index is 13.2. The van der Waals surface area contributed by atoms with Gasteiger partial charge in [-0.1, -0.05) is 30.3 Å². The molecule has 28 heavy (non-hydrogen) atoms. The average molecular weight is 377 g/mol. The third-order valence-corrected chi connectivity index (χ3v) is 5.30. The summed E-state index contributed by atoms with van der Waals surface area (Å²) >= 11 is 0. The Balaban J connectivity index is 1.68. The third-order valence-electron chi connectivity index (χ3n) is 5.30. The first-order valence-corrected chi connectivity index (χ1v) is 9.50. The lowest BCUT2D eigenvalue weighted by atomic mass is 10.0. The molecule has 0 atom stereocenters. The van der Waals surface area contributed by atoms with Crippen molar-refractivity contribution >= 4 is 5.91 Å². The van der Waals surface area contributed by atoms with Crippen molar-refractivity contribution in [2.24, 2.45) is 0 Å². The number of carbonyl (C=O) groups is 1. The summed E-state index contributed by atoms with van der Waals surface area (Å²) in [5.41, 5.74) is 4.32. The van der Waals surface area contributed by atoms with Crippen molar-refractivity contribution in [2.45, 2.75) is 40.3 Å². The van der Waals surface area contributed by atoms with E-state index in [9.17, 15) is 9.59 Å². The molecule has 0 fully saturated rings. The molecule has 3 heterocycles. The maximum absolute atomic E-state index is 13.2. The van der Waals surface area contributed by atoms with E-state index < -0.39 is 0 Å². The Bertz CT molecular complexity index is 1100. The Labute approximate surface area is 163 Å². The van der Waals surface area contributed by atoms with Crippen LogP contribution in [0.4, 0.5) is 0 Å². The van der Waals surface area contributed by atoms with Crippen LogP contribution in [0, 0.1) is 13.8 Å². The van der Waals surface area contributed by atoms with E-state index in [-0.39, 0.29) is 11.5 Å². The number of fused-ring (bicyclic) bond motifs is 1. The van der Waals surface area contributed by atoms with Crippen LogP contribution in [-0.4, -0.2) is 37.1 Å². The molecule has 0 unspecified atom stereocenters. The molecule has 7 nitrogen and oxygen atoms in total. The monoisotopic (exact) mass is 377 g/mol. The van der Waals surface area contributed by atoms with Crippen LogP contribution < -0.4 is 5.56 Å². The summed E-state index contributed by atoms with van der Waals surface area (Å²) in [6.45, 7) is 7.34. The number of aryl methyl sites for hydroxylation is 2. The lowest BCUT2D eigenvalue weighted by Gasteiger charge is -2.28. The summed E-state index contributed by atoms with van der Waals surface area (Å²) in [5.74, 6) is 0.480. The van der Waals surface area contributed by atoms with E-state index in [1.165, 1.54) is 0 Å². The molecule has 0 saturated carbocycles. The van der Waals surface area contributed by atoms with Gasteiger partial charge < -0.3 is 9.88 Å². The molecule has 3 aromatic rings. The Morgan fingerprint density at radius 1 is 1.21 bits per heavy atom. The second kappa shape index (κ2) is 7.07. The first-order chi connectivity index (χ1) is 13.5. The zero-order valence-electron chi connectivity index (χ0n) is 16.3. The molecule has 0 saturated heterocycles. The van der Waals surface area contributed by atoms with Gasteiger partial charge in [-0.25, -0.2) is 4.98 Å². The number of amides is 1. The Kier molecular flexibility index (Phi) is 4.58. The van der Waals surface area contributed by atoms with Crippen LogP contribution in [0.2, 0.25) is 0 Å². The topological polar surface area (TPSA) is 83.9 Å². The number of rotatable bonds is 3. The normalized spacial score (nSPS) is 13.5. The minimum absolute atomic E-state index is 0.0521. The number of H-pyrrole nitrogens is 1. The Hall–Kier alpha value is -3.22. The lowest BCUT2D eigenvalue weighted by Crippen LogP contribution is -2.39. The predicted octanol–water partition coefficient (Wildman–Crippen LogP) is 2.47. The van der Waals surface area contributed by atoms with Gasteiger partial charge >= 0.3 is 0 Å². The first-order valence-electron chi connectivity index (χ1n) is 9.50. The van der Waals surface area contributed by atoms with Crippen molar-refractivity contribution in [3.05, 3.63) is 68.9 Å². The molecule has 0 radical (unpaired) electrons. The number of benzene rings is 1. The molecular weight excluding hydrogens is 354 g/mol. The fraction of sp³-hybridized carbons (Fsp3) is 0.333. The number of nitrogens with one attached hydrogen (secondary N) is 1. The van der Waals surface area contributed by atoms with Crippen molar-refractivity contribution in [1.29, 1.82) is 0 Å². The molecular formula is C21H23N5O2. The summed E-state index contributed by atoms with van der Waals surface area (Å²) in [7, 11) is 0. The minimum Gasteiger partial charge on any atom is -0.332 e. The van der Waals surface area contributed by atoms with Gasteiger partial charge in [0.25, 0.3) is 11.5 Å². The fourth-order valence-electron chi connectivity index (χ4n) is 3.82. The summed E-state index contributed by atoms with van der Waals surface area (Å²) in [6.07, 6.45) is 0.498. The van der Waals surface area contributed by atoms with Crippen LogP contribution in [0.5, 0.6) is 0 Å². The van der Waals surface area contributed by atoms with E-state index in [1.54, 1.807) is 4.90 Å². The van der Waals surface area contributed by atoms with Crippen LogP contribution in [0.1, 0.15) is 39.9 Å². The number of hydrogen-bond donors (Lipinski definition) is 1. The molecule has 7 heteroatoms. The number of hydrogen-bond acceptors (Lipinski definition) is 4. The van der Waals surface area contributed by atoms with E-state index >= 15 is 0 Å². The third kappa shape index (κ3) is 3.02. The molecule has 144 valence electrons. The van der Waals surface area contributed by atoms with Crippen LogP contribution in [0.3, 0.4) is 0 Å². The molecule has 0 aliphatic carbocycles. The van der Waals surface area contributed by atoms with Gasteiger partial charge in [-0.05, 0) is 27.2 Å². The lowest BCUT2D eigenvalue weighted by molar-refractivity contribution is 0.0729. The van der Waals surface area contributed by atoms with Gasteiger partial charge in [-0.15, -0.1) is 0 Å². The molecule has 1 amide bonds. The standard InChI is InChI=1S/C21H23N5O2/c1-4-26-14(3)18(13(2)24-26)21(28)25-11-10-16-17(12-25)22-19(23-20(16)27)15-8-6-5-7-9-15/h5-9H,4,10-12H2,1-3H3,(H,22,23,27). The van der Waals surface area contributed by atoms with Crippen molar-refractivity contribution in [3.8, 4) is 11.4 Å². The molecule has 1 aromatic carbocycles. The molecule has 0 bridgehead atoms. The summed E-state index contributed by atoms with van der Waals surface area (Å²) in [5, 5.41) is 4.46. The molecule has 0 spiro atoms. The van der Waals surface area contributed by atoms with Gasteiger partial charge in [0, 0.05) is 29.9 Å². The second-order valence-electron chi connectivity index (χ2n) is 7.04. The van der Waals surface area contributed by atoms with Gasteiger partial charge in [0.05, 0.1) is 23.5 Å². The average Bonchev–Trinajstić information content (AvgIpc) is 3.01. The van der Waals surface area contributed by atoms with E-state index in [0.29, 0.717) is 42.2 Å². The Morgan fingerprint density at radius 2 is 1.96 bits per heavy atom. The van der Waals surface area contributed by atoms with Crippen LogP contribution in [0.25, 0.3) is 11.4 Å². The highest BCUT2D eigenvalue weighted by Gasteiger charge is 2.28. The molecule has 1 aliphatic rings. The summed E-state index contributed by atoms with van der Waals surface area (Å²) in [6, 6.07) is 9.54.